The van der Waals surface area contributed by atoms with Crippen molar-refractivity contribution >= 4 is 55.3 Å². The highest BCUT2D eigenvalue weighted by molar-refractivity contribution is 7.17. The lowest BCUT2D eigenvalue weighted by atomic mass is 10.0. The molecule has 0 aliphatic rings. The second kappa shape index (κ2) is 5.21. The summed E-state index contributed by atoms with van der Waals surface area (Å²) in [6.45, 7) is 5.87. The maximum absolute atomic E-state index is 12.3. The zero-order valence-corrected chi connectivity index (χ0v) is 13.5. The SMILES string of the molecule is C=C/C=c1/sc2ccc3[nH]c(=O)c4ccccc4c3c2/c1=C/C. The van der Waals surface area contributed by atoms with E-state index < -0.39 is 0 Å². The number of hydrogen-bond acceptors (Lipinski definition) is 2. The highest BCUT2D eigenvalue weighted by Gasteiger charge is 2.11. The number of rotatable bonds is 1. The number of hydrogen-bond donors (Lipinski definition) is 1. The highest BCUT2D eigenvalue weighted by atomic mass is 32.1. The van der Waals surface area contributed by atoms with Crippen LogP contribution < -0.4 is 15.3 Å². The van der Waals surface area contributed by atoms with Crippen LogP contribution in [0.4, 0.5) is 0 Å². The molecule has 0 fully saturated rings. The van der Waals surface area contributed by atoms with Crippen molar-refractivity contribution < 1.29 is 0 Å². The summed E-state index contributed by atoms with van der Waals surface area (Å²) >= 11 is 1.75. The molecule has 2 aromatic heterocycles. The van der Waals surface area contributed by atoms with E-state index in [9.17, 15) is 4.79 Å². The third-order valence-electron chi connectivity index (χ3n) is 4.17. The first-order chi connectivity index (χ1) is 11.2. The van der Waals surface area contributed by atoms with Crippen molar-refractivity contribution in [1.82, 2.24) is 4.98 Å². The minimum absolute atomic E-state index is 0.0393. The van der Waals surface area contributed by atoms with E-state index in [0.717, 1.165) is 21.7 Å². The van der Waals surface area contributed by atoms with Crippen molar-refractivity contribution in [3.05, 3.63) is 69.2 Å². The maximum atomic E-state index is 12.3. The van der Waals surface area contributed by atoms with Crippen LogP contribution in [0.25, 0.3) is 43.9 Å². The molecular formula is C20H15NOS. The normalized spacial score (nSPS) is 13.4. The quantitative estimate of drug-likeness (QED) is 0.534. The number of pyridine rings is 1. The molecule has 0 atom stereocenters. The molecule has 3 heteroatoms. The standard InChI is InChI=1S/C20H15NOS/c1-3-7-16-12(4-2)19-17(23-16)11-10-15-18(19)13-8-5-6-9-14(13)20(22)21-15/h3-11H,1H2,2H3,(H,21,22)/b12-4+,16-7+. The van der Waals surface area contributed by atoms with Gasteiger partial charge < -0.3 is 4.98 Å². The molecule has 1 N–H and O–H groups in total. The molecule has 112 valence electrons. The molecular weight excluding hydrogens is 302 g/mol. The van der Waals surface area contributed by atoms with Gasteiger partial charge in [0, 0.05) is 30.9 Å². The smallest absolute Gasteiger partial charge is 0.256 e. The molecule has 2 heterocycles. The van der Waals surface area contributed by atoms with Gasteiger partial charge in [-0.3, -0.25) is 4.79 Å². The fourth-order valence-electron chi connectivity index (χ4n) is 3.22. The van der Waals surface area contributed by atoms with E-state index in [-0.39, 0.29) is 5.56 Å². The van der Waals surface area contributed by atoms with Crippen LogP contribution in [0.2, 0.25) is 0 Å². The second-order valence-electron chi connectivity index (χ2n) is 5.43. The van der Waals surface area contributed by atoms with E-state index in [1.165, 1.54) is 19.8 Å². The number of aromatic amines is 1. The number of thiophene rings is 1. The van der Waals surface area contributed by atoms with Gasteiger partial charge in [-0.15, -0.1) is 11.3 Å². The molecule has 0 radical (unpaired) electrons. The zero-order valence-electron chi connectivity index (χ0n) is 12.7. The first kappa shape index (κ1) is 14.0. The molecule has 0 saturated carbocycles. The number of nitrogens with one attached hydrogen (secondary N) is 1. The van der Waals surface area contributed by atoms with Crippen molar-refractivity contribution in [3.8, 4) is 0 Å². The highest BCUT2D eigenvalue weighted by Crippen LogP contribution is 2.28. The molecule has 0 aliphatic heterocycles. The van der Waals surface area contributed by atoms with Crippen LogP contribution in [0.3, 0.4) is 0 Å². The Morgan fingerprint density at radius 1 is 1.09 bits per heavy atom. The van der Waals surface area contributed by atoms with Crippen LogP contribution in [0.5, 0.6) is 0 Å². The van der Waals surface area contributed by atoms with Crippen LogP contribution in [0.1, 0.15) is 6.92 Å². The molecule has 4 aromatic rings. The van der Waals surface area contributed by atoms with E-state index in [4.69, 9.17) is 0 Å². The van der Waals surface area contributed by atoms with Crippen LogP contribution in [0, 0.1) is 0 Å². The van der Waals surface area contributed by atoms with Gasteiger partial charge in [0.1, 0.15) is 0 Å². The summed E-state index contributed by atoms with van der Waals surface area (Å²) in [6.07, 6.45) is 5.99. The van der Waals surface area contributed by atoms with Crippen molar-refractivity contribution in [1.29, 1.82) is 0 Å². The Balaban J connectivity index is 2.44. The second-order valence-corrected chi connectivity index (χ2v) is 6.52. The van der Waals surface area contributed by atoms with Crippen molar-refractivity contribution in [2.75, 3.05) is 0 Å². The number of fused-ring (bicyclic) bond motifs is 5. The fraction of sp³-hybridized carbons (Fsp3) is 0.0500. The van der Waals surface area contributed by atoms with E-state index in [1.807, 2.05) is 42.5 Å². The monoisotopic (exact) mass is 317 g/mol. The van der Waals surface area contributed by atoms with Crippen molar-refractivity contribution in [2.24, 2.45) is 0 Å². The summed E-state index contributed by atoms with van der Waals surface area (Å²) in [5.74, 6) is 0. The summed E-state index contributed by atoms with van der Waals surface area (Å²) in [6, 6.07) is 11.9. The summed E-state index contributed by atoms with van der Waals surface area (Å²) in [7, 11) is 0. The van der Waals surface area contributed by atoms with Gasteiger partial charge in [0.05, 0.1) is 0 Å². The molecule has 0 unspecified atom stereocenters. The Morgan fingerprint density at radius 3 is 2.61 bits per heavy atom. The minimum atomic E-state index is -0.0393. The average Bonchev–Trinajstić information content (AvgIpc) is 2.92. The Morgan fingerprint density at radius 2 is 1.87 bits per heavy atom. The van der Waals surface area contributed by atoms with Crippen LogP contribution in [0.15, 0.2) is 53.8 Å². The fourth-order valence-corrected chi connectivity index (χ4v) is 4.40. The van der Waals surface area contributed by atoms with Gasteiger partial charge in [-0.2, -0.15) is 0 Å². The lowest BCUT2D eigenvalue weighted by molar-refractivity contribution is 1.35. The van der Waals surface area contributed by atoms with E-state index in [0.29, 0.717) is 0 Å². The first-order valence-electron chi connectivity index (χ1n) is 7.50. The summed E-state index contributed by atoms with van der Waals surface area (Å²) in [4.78, 5) is 15.3. The lowest BCUT2D eigenvalue weighted by Gasteiger charge is -2.05. The molecule has 0 saturated heterocycles. The Hall–Kier alpha value is -2.65. The molecule has 2 aromatic carbocycles. The molecule has 4 rings (SSSR count). The van der Waals surface area contributed by atoms with Gasteiger partial charge in [0.2, 0.25) is 0 Å². The average molecular weight is 317 g/mol. The number of allylic oxidation sites excluding steroid dienone is 1. The third-order valence-corrected chi connectivity index (χ3v) is 5.30. The number of benzene rings is 2. The third kappa shape index (κ3) is 1.97. The van der Waals surface area contributed by atoms with Gasteiger partial charge in [-0.1, -0.05) is 36.9 Å². The molecule has 0 aliphatic carbocycles. The van der Waals surface area contributed by atoms with Gasteiger partial charge in [-0.05, 0) is 41.8 Å². The molecule has 0 spiro atoms. The zero-order chi connectivity index (χ0) is 16.0. The summed E-state index contributed by atoms with van der Waals surface area (Å²) in [5.41, 5.74) is 0.842. The van der Waals surface area contributed by atoms with Gasteiger partial charge in [0.15, 0.2) is 0 Å². The minimum Gasteiger partial charge on any atom is -0.321 e. The number of aromatic nitrogens is 1. The molecule has 2 nitrogen and oxygen atoms in total. The first-order valence-corrected chi connectivity index (χ1v) is 8.31. The Bertz CT molecular complexity index is 1260. The van der Waals surface area contributed by atoms with Gasteiger partial charge >= 0.3 is 0 Å². The summed E-state index contributed by atoms with van der Waals surface area (Å²) < 4.78 is 2.41. The summed E-state index contributed by atoms with van der Waals surface area (Å²) in [5, 5.41) is 5.26. The lowest BCUT2D eigenvalue weighted by Crippen LogP contribution is -2.18. The van der Waals surface area contributed by atoms with Crippen LogP contribution in [-0.2, 0) is 0 Å². The van der Waals surface area contributed by atoms with Crippen molar-refractivity contribution in [3.63, 3.8) is 0 Å². The molecule has 23 heavy (non-hydrogen) atoms. The van der Waals surface area contributed by atoms with E-state index >= 15 is 0 Å². The molecule has 0 bridgehead atoms. The van der Waals surface area contributed by atoms with E-state index in [2.05, 4.69) is 30.6 Å². The van der Waals surface area contributed by atoms with E-state index in [1.54, 1.807) is 11.3 Å². The predicted molar refractivity (Wildman–Crippen MR) is 102 cm³/mol. The Labute approximate surface area is 136 Å². The predicted octanol–water partition coefficient (Wildman–Crippen LogP) is 3.66. The largest absolute Gasteiger partial charge is 0.321 e. The van der Waals surface area contributed by atoms with Crippen molar-refractivity contribution in [2.45, 2.75) is 6.92 Å². The van der Waals surface area contributed by atoms with Crippen LogP contribution >= 0.6 is 11.3 Å². The van der Waals surface area contributed by atoms with Gasteiger partial charge in [0.25, 0.3) is 5.56 Å². The molecule has 0 amide bonds. The van der Waals surface area contributed by atoms with Gasteiger partial charge in [-0.25, -0.2) is 0 Å². The topological polar surface area (TPSA) is 32.9 Å². The van der Waals surface area contributed by atoms with Crippen LogP contribution in [-0.4, -0.2) is 4.98 Å². The Kier molecular flexibility index (Phi) is 3.17. The maximum Gasteiger partial charge on any atom is 0.256 e. The number of H-pyrrole nitrogens is 1.